The van der Waals surface area contributed by atoms with Crippen LogP contribution >= 0.6 is 0 Å². The number of benzene rings is 2. The Kier molecular flexibility index (Phi) is 5.24. The van der Waals surface area contributed by atoms with E-state index in [4.69, 9.17) is 4.42 Å². The van der Waals surface area contributed by atoms with Gasteiger partial charge in [-0.2, -0.15) is 0 Å². The van der Waals surface area contributed by atoms with Crippen LogP contribution in [-0.2, 0) is 27.8 Å². The first-order valence-corrected chi connectivity index (χ1v) is 11.1. The van der Waals surface area contributed by atoms with E-state index in [1.54, 1.807) is 6.07 Å². The number of fused-ring (bicyclic) bond motifs is 1. The van der Waals surface area contributed by atoms with Gasteiger partial charge in [-0.1, -0.05) is 42.5 Å². The van der Waals surface area contributed by atoms with Gasteiger partial charge in [-0.05, 0) is 42.2 Å². The van der Waals surface area contributed by atoms with Crippen LogP contribution in [0.25, 0.3) is 0 Å². The van der Waals surface area contributed by atoms with Crippen molar-refractivity contribution < 1.29 is 22.0 Å². The first-order valence-electron chi connectivity index (χ1n) is 9.32. The monoisotopic (exact) mass is 413 g/mol. The van der Waals surface area contributed by atoms with E-state index in [2.05, 4.69) is 5.32 Å². The summed E-state index contributed by atoms with van der Waals surface area (Å²) in [6.45, 7) is 0. The minimum atomic E-state index is -3.65. The van der Waals surface area contributed by atoms with Gasteiger partial charge < -0.3 is 9.73 Å². The molecule has 1 N–H and O–H groups in total. The lowest BCUT2D eigenvalue weighted by Crippen LogP contribution is -2.26. The third-order valence-electron chi connectivity index (χ3n) is 5.02. The molecule has 5 nitrogen and oxygen atoms in total. The summed E-state index contributed by atoms with van der Waals surface area (Å²) < 4.78 is 44.0. The van der Waals surface area contributed by atoms with Gasteiger partial charge in [-0.3, -0.25) is 4.79 Å². The van der Waals surface area contributed by atoms with E-state index in [0.717, 1.165) is 18.4 Å². The minimum absolute atomic E-state index is 0.0606. The molecule has 0 spiro atoms. The molecule has 0 radical (unpaired) electrons. The maximum atomic E-state index is 13.7. The average molecular weight is 413 g/mol. The van der Waals surface area contributed by atoms with Crippen molar-refractivity contribution in [2.75, 3.05) is 0 Å². The van der Waals surface area contributed by atoms with E-state index in [1.165, 1.54) is 35.9 Å². The van der Waals surface area contributed by atoms with Crippen molar-refractivity contribution in [3.05, 3.63) is 94.7 Å². The molecule has 29 heavy (non-hydrogen) atoms. The number of hydrogen-bond acceptors (Lipinski definition) is 4. The standard InChI is InChI=1S/C22H20FNO4S/c23-19-8-4-2-6-16(19)13-29(26,27)14-17-10-12-21(28-17)22(25)24-20-11-9-15-5-1-3-7-18(15)20/h1-8,10,12,20H,9,11,13-14H2,(H,24,25)/t20-/m1/s1. The third-order valence-corrected chi connectivity index (χ3v) is 6.49. The van der Waals surface area contributed by atoms with Crippen molar-refractivity contribution in [1.29, 1.82) is 0 Å². The fourth-order valence-corrected chi connectivity index (χ4v) is 5.03. The van der Waals surface area contributed by atoms with Gasteiger partial charge in [-0.15, -0.1) is 0 Å². The van der Waals surface area contributed by atoms with Crippen LogP contribution in [0.1, 0.15) is 45.5 Å². The summed E-state index contributed by atoms with van der Waals surface area (Å²) in [6, 6.07) is 16.6. The number of nitrogens with one attached hydrogen (secondary N) is 1. The summed E-state index contributed by atoms with van der Waals surface area (Å²) in [6.07, 6.45) is 1.72. The van der Waals surface area contributed by atoms with Crippen LogP contribution < -0.4 is 5.32 Å². The second-order valence-corrected chi connectivity index (χ2v) is 9.22. The van der Waals surface area contributed by atoms with E-state index in [-0.39, 0.29) is 29.0 Å². The summed E-state index contributed by atoms with van der Waals surface area (Å²) in [5.74, 6) is -1.57. The first kappa shape index (κ1) is 19.4. The van der Waals surface area contributed by atoms with Crippen LogP contribution in [0, 0.1) is 5.82 Å². The van der Waals surface area contributed by atoms with Crippen LogP contribution in [0.3, 0.4) is 0 Å². The molecule has 1 heterocycles. The van der Waals surface area contributed by atoms with Gasteiger partial charge in [0.15, 0.2) is 15.6 Å². The Hall–Kier alpha value is -2.93. The third kappa shape index (κ3) is 4.40. The molecular formula is C22H20FNO4S. The van der Waals surface area contributed by atoms with Crippen LogP contribution in [0.5, 0.6) is 0 Å². The number of furan rings is 1. The number of halogens is 1. The lowest BCUT2D eigenvalue weighted by molar-refractivity contribution is 0.0907. The molecule has 0 fully saturated rings. The van der Waals surface area contributed by atoms with Gasteiger partial charge in [0.05, 0.1) is 11.8 Å². The Morgan fingerprint density at radius 3 is 2.62 bits per heavy atom. The minimum Gasteiger partial charge on any atom is -0.455 e. The Morgan fingerprint density at radius 2 is 1.79 bits per heavy atom. The first-order chi connectivity index (χ1) is 13.9. The Labute approximate surface area is 168 Å². The molecule has 0 unspecified atom stereocenters. The largest absolute Gasteiger partial charge is 0.455 e. The summed E-state index contributed by atoms with van der Waals surface area (Å²) in [7, 11) is -3.65. The second kappa shape index (κ2) is 7.83. The Morgan fingerprint density at radius 1 is 1.03 bits per heavy atom. The molecule has 4 rings (SSSR count). The highest BCUT2D eigenvalue weighted by Crippen LogP contribution is 2.31. The summed E-state index contributed by atoms with van der Waals surface area (Å²) in [5.41, 5.74) is 2.43. The van der Waals surface area contributed by atoms with E-state index in [1.807, 2.05) is 24.3 Å². The quantitative estimate of drug-likeness (QED) is 0.664. The van der Waals surface area contributed by atoms with Crippen LogP contribution in [0.4, 0.5) is 4.39 Å². The molecule has 1 aliphatic rings. The lowest BCUT2D eigenvalue weighted by atomic mass is 10.1. The Balaban J connectivity index is 1.42. The van der Waals surface area contributed by atoms with Crippen molar-refractivity contribution in [2.45, 2.75) is 30.4 Å². The van der Waals surface area contributed by atoms with E-state index >= 15 is 0 Å². The number of aryl methyl sites for hydroxylation is 1. The van der Waals surface area contributed by atoms with Gasteiger partial charge >= 0.3 is 0 Å². The maximum Gasteiger partial charge on any atom is 0.287 e. The number of amides is 1. The zero-order valence-corrected chi connectivity index (χ0v) is 16.4. The fraction of sp³-hybridized carbons (Fsp3) is 0.227. The molecular weight excluding hydrogens is 393 g/mol. The molecule has 1 atom stereocenters. The van der Waals surface area contributed by atoms with Crippen molar-refractivity contribution in [2.24, 2.45) is 0 Å². The molecule has 1 aliphatic carbocycles. The fourth-order valence-electron chi connectivity index (χ4n) is 3.63. The zero-order chi connectivity index (χ0) is 20.4. The van der Waals surface area contributed by atoms with Gasteiger partial charge in [0.1, 0.15) is 17.3 Å². The highest BCUT2D eigenvalue weighted by molar-refractivity contribution is 7.89. The van der Waals surface area contributed by atoms with E-state index in [0.29, 0.717) is 0 Å². The normalized spacial score (nSPS) is 15.8. The van der Waals surface area contributed by atoms with Crippen molar-refractivity contribution >= 4 is 15.7 Å². The van der Waals surface area contributed by atoms with E-state index in [9.17, 15) is 17.6 Å². The van der Waals surface area contributed by atoms with Crippen molar-refractivity contribution in [3.8, 4) is 0 Å². The number of carbonyl (C=O) groups excluding carboxylic acids is 1. The summed E-state index contributed by atoms with van der Waals surface area (Å²) in [5, 5.41) is 2.94. The molecule has 150 valence electrons. The maximum absolute atomic E-state index is 13.7. The molecule has 2 aromatic carbocycles. The molecule has 0 saturated carbocycles. The molecule has 0 aliphatic heterocycles. The van der Waals surface area contributed by atoms with Crippen molar-refractivity contribution in [3.63, 3.8) is 0 Å². The van der Waals surface area contributed by atoms with Crippen LogP contribution in [0.15, 0.2) is 65.1 Å². The number of sulfone groups is 1. The lowest BCUT2D eigenvalue weighted by Gasteiger charge is -2.12. The molecule has 1 amide bonds. The highest BCUT2D eigenvalue weighted by atomic mass is 32.2. The van der Waals surface area contributed by atoms with Gasteiger partial charge in [0.2, 0.25) is 0 Å². The number of hydrogen-bond donors (Lipinski definition) is 1. The Bertz CT molecular complexity index is 1150. The SMILES string of the molecule is O=C(N[C@@H]1CCc2ccccc21)c1ccc(CS(=O)(=O)Cc2ccccc2F)o1. The number of rotatable bonds is 6. The van der Waals surface area contributed by atoms with Gasteiger partial charge in [0, 0.05) is 5.56 Å². The topological polar surface area (TPSA) is 76.4 Å². The zero-order valence-electron chi connectivity index (χ0n) is 15.6. The average Bonchev–Trinajstić information content (AvgIpc) is 3.31. The highest BCUT2D eigenvalue weighted by Gasteiger charge is 2.25. The van der Waals surface area contributed by atoms with E-state index < -0.39 is 27.2 Å². The van der Waals surface area contributed by atoms with Crippen LogP contribution in [-0.4, -0.2) is 14.3 Å². The second-order valence-electron chi connectivity index (χ2n) is 7.15. The molecule has 7 heteroatoms. The molecule has 1 aromatic heterocycles. The molecule has 0 bridgehead atoms. The van der Waals surface area contributed by atoms with Gasteiger partial charge in [-0.25, -0.2) is 12.8 Å². The predicted octanol–water partition coefficient (Wildman–Crippen LogP) is 3.95. The molecule has 0 saturated heterocycles. The smallest absolute Gasteiger partial charge is 0.287 e. The van der Waals surface area contributed by atoms with Crippen LogP contribution in [0.2, 0.25) is 0 Å². The van der Waals surface area contributed by atoms with Gasteiger partial charge in [0.25, 0.3) is 5.91 Å². The predicted molar refractivity (Wildman–Crippen MR) is 106 cm³/mol. The summed E-state index contributed by atoms with van der Waals surface area (Å²) in [4.78, 5) is 12.5. The van der Waals surface area contributed by atoms with Crippen molar-refractivity contribution in [1.82, 2.24) is 5.32 Å². The molecule has 3 aromatic rings. The summed E-state index contributed by atoms with van der Waals surface area (Å²) >= 11 is 0. The number of carbonyl (C=O) groups is 1.